The first-order valence-electron chi connectivity index (χ1n) is 5.83. The highest BCUT2D eigenvalue weighted by molar-refractivity contribution is 5.48. The number of anilines is 1. The molecule has 2 rings (SSSR count). The molecule has 0 unspecified atom stereocenters. The average Bonchev–Trinajstić information content (AvgIpc) is 2.46. The van der Waals surface area contributed by atoms with E-state index in [4.69, 9.17) is 0 Å². The summed E-state index contributed by atoms with van der Waals surface area (Å²) in [4.78, 5) is 0. The minimum Gasteiger partial charge on any atom is -0.376 e. The lowest BCUT2D eigenvalue weighted by molar-refractivity contribution is 0.381. The van der Waals surface area contributed by atoms with Gasteiger partial charge in [0.15, 0.2) is 23.3 Å². The van der Waals surface area contributed by atoms with E-state index >= 15 is 0 Å². The van der Waals surface area contributed by atoms with E-state index in [1.165, 1.54) is 12.1 Å². The van der Waals surface area contributed by atoms with E-state index in [0.29, 0.717) is 5.56 Å². The second-order valence-corrected chi connectivity index (χ2v) is 4.39. The summed E-state index contributed by atoms with van der Waals surface area (Å²) in [6.07, 6.45) is 0. The Morgan fingerprint density at radius 1 is 0.810 bits per heavy atom. The van der Waals surface area contributed by atoms with Gasteiger partial charge in [-0.05, 0) is 13.0 Å². The molecule has 0 radical (unpaired) electrons. The molecule has 0 heterocycles. The second-order valence-electron chi connectivity index (χ2n) is 4.39. The fraction of sp³-hybridized carbons (Fsp3) is 0.143. The van der Waals surface area contributed by atoms with Crippen molar-refractivity contribution >= 4 is 5.69 Å². The van der Waals surface area contributed by atoms with Crippen molar-refractivity contribution < 1.29 is 26.3 Å². The molecule has 0 bridgehead atoms. The van der Waals surface area contributed by atoms with Crippen LogP contribution in [0.5, 0.6) is 0 Å². The smallest absolute Gasteiger partial charge is 0.200 e. The third-order valence-electron chi connectivity index (χ3n) is 2.87. The van der Waals surface area contributed by atoms with Gasteiger partial charge in [0, 0.05) is 12.1 Å². The van der Waals surface area contributed by atoms with Gasteiger partial charge in [-0.1, -0.05) is 17.7 Å². The molecule has 21 heavy (non-hydrogen) atoms. The van der Waals surface area contributed by atoms with Gasteiger partial charge in [-0.2, -0.15) is 0 Å². The molecule has 0 spiro atoms. The summed E-state index contributed by atoms with van der Waals surface area (Å²) >= 11 is 0. The van der Waals surface area contributed by atoms with Crippen LogP contribution in [0.15, 0.2) is 18.2 Å². The number of hydrogen-bond acceptors (Lipinski definition) is 1. The highest BCUT2D eigenvalue weighted by atomic mass is 19.2. The Bertz CT molecular complexity index is 669. The van der Waals surface area contributed by atoms with Crippen molar-refractivity contribution in [2.75, 3.05) is 5.32 Å². The van der Waals surface area contributed by atoms with Gasteiger partial charge in [0.2, 0.25) is 5.82 Å². The summed E-state index contributed by atoms with van der Waals surface area (Å²) in [5.74, 6) is -11.0. The van der Waals surface area contributed by atoms with Crippen molar-refractivity contribution in [3.8, 4) is 0 Å². The second kappa shape index (κ2) is 5.67. The number of halogens is 6. The van der Waals surface area contributed by atoms with Crippen LogP contribution in [0, 0.1) is 41.8 Å². The fourth-order valence-corrected chi connectivity index (χ4v) is 1.78. The Hall–Kier alpha value is -2.18. The SMILES string of the molecule is Cc1ccc(F)c(CNc2c(F)c(F)c(F)c(F)c2F)c1. The lowest BCUT2D eigenvalue weighted by Gasteiger charge is -2.11. The van der Waals surface area contributed by atoms with Crippen LogP contribution in [-0.2, 0) is 6.54 Å². The maximum atomic E-state index is 13.5. The van der Waals surface area contributed by atoms with E-state index in [1.807, 2.05) is 5.32 Å². The molecule has 7 heteroatoms. The van der Waals surface area contributed by atoms with Crippen LogP contribution < -0.4 is 5.32 Å². The Morgan fingerprint density at radius 2 is 1.33 bits per heavy atom. The van der Waals surface area contributed by atoms with Gasteiger partial charge in [0.1, 0.15) is 11.5 Å². The van der Waals surface area contributed by atoms with Crippen molar-refractivity contribution in [3.05, 3.63) is 64.2 Å². The third-order valence-corrected chi connectivity index (χ3v) is 2.87. The monoisotopic (exact) mass is 305 g/mol. The molecule has 1 N–H and O–H groups in total. The van der Waals surface area contributed by atoms with Crippen molar-refractivity contribution in [1.82, 2.24) is 0 Å². The quantitative estimate of drug-likeness (QED) is 0.502. The van der Waals surface area contributed by atoms with E-state index in [-0.39, 0.29) is 5.56 Å². The van der Waals surface area contributed by atoms with E-state index in [1.54, 1.807) is 6.92 Å². The summed E-state index contributed by atoms with van der Waals surface area (Å²) in [6.45, 7) is 1.24. The fourth-order valence-electron chi connectivity index (χ4n) is 1.78. The molecule has 0 atom stereocenters. The minimum absolute atomic E-state index is 0.0407. The third kappa shape index (κ3) is 2.81. The van der Waals surface area contributed by atoms with Gasteiger partial charge in [-0.15, -0.1) is 0 Å². The number of rotatable bonds is 3. The predicted molar refractivity (Wildman–Crippen MR) is 64.7 cm³/mol. The molecular formula is C14H9F6N. The van der Waals surface area contributed by atoms with Crippen LogP contribution in [-0.4, -0.2) is 0 Å². The Balaban J connectivity index is 2.35. The molecule has 112 valence electrons. The Kier molecular flexibility index (Phi) is 4.11. The lowest BCUT2D eigenvalue weighted by atomic mass is 10.1. The van der Waals surface area contributed by atoms with Gasteiger partial charge < -0.3 is 5.32 Å². The summed E-state index contributed by atoms with van der Waals surface area (Å²) in [6, 6.07) is 4.02. The molecule has 1 nitrogen and oxygen atoms in total. The molecule has 0 aromatic heterocycles. The average molecular weight is 305 g/mol. The van der Waals surface area contributed by atoms with E-state index < -0.39 is 47.1 Å². The Morgan fingerprint density at radius 3 is 1.90 bits per heavy atom. The maximum Gasteiger partial charge on any atom is 0.200 e. The number of hydrogen-bond donors (Lipinski definition) is 1. The van der Waals surface area contributed by atoms with Gasteiger partial charge >= 0.3 is 0 Å². The largest absolute Gasteiger partial charge is 0.376 e. The molecule has 0 fully saturated rings. The zero-order valence-corrected chi connectivity index (χ0v) is 10.7. The molecule has 0 aliphatic carbocycles. The molecule has 0 amide bonds. The van der Waals surface area contributed by atoms with Crippen LogP contribution in [0.3, 0.4) is 0 Å². The van der Waals surface area contributed by atoms with Crippen molar-refractivity contribution in [3.63, 3.8) is 0 Å². The normalized spacial score (nSPS) is 10.8. The maximum absolute atomic E-state index is 13.5. The molecule has 0 aliphatic heterocycles. The van der Waals surface area contributed by atoms with Crippen molar-refractivity contribution in [2.24, 2.45) is 0 Å². The van der Waals surface area contributed by atoms with Crippen molar-refractivity contribution in [1.29, 1.82) is 0 Å². The first kappa shape index (κ1) is 15.2. The van der Waals surface area contributed by atoms with E-state index in [2.05, 4.69) is 0 Å². The van der Waals surface area contributed by atoms with Crippen LogP contribution in [0.25, 0.3) is 0 Å². The molecular weight excluding hydrogens is 296 g/mol. The van der Waals surface area contributed by atoms with Gasteiger partial charge in [-0.25, -0.2) is 26.3 Å². The summed E-state index contributed by atoms with van der Waals surface area (Å²) < 4.78 is 79.1. The van der Waals surface area contributed by atoms with Gasteiger partial charge in [0.25, 0.3) is 0 Å². The number of aryl methyl sites for hydroxylation is 1. The van der Waals surface area contributed by atoms with Crippen LogP contribution in [0.1, 0.15) is 11.1 Å². The zero-order valence-electron chi connectivity index (χ0n) is 10.7. The summed E-state index contributed by atoms with van der Waals surface area (Å²) in [5.41, 5.74) is -0.461. The standard InChI is InChI=1S/C14H9F6N/c1-6-2-3-8(15)7(4-6)5-21-14-12(19)10(17)9(16)11(18)13(14)20/h2-4,21H,5H2,1H3. The lowest BCUT2D eigenvalue weighted by Crippen LogP contribution is -2.10. The molecule has 2 aromatic rings. The van der Waals surface area contributed by atoms with Gasteiger partial charge in [-0.3, -0.25) is 0 Å². The van der Waals surface area contributed by atoms with E-state index in [9.17, 15) is 26.3 Å². The highest BCUT2D eigenvalue weighted by Crippen LogP contribution is 2.27. The number of nitrogens with one attached hydrogen (secondary N) is 1. The first-order chi connectivity index (χ1) is 9.82. The highest BCUT2D eigenvalue weighted by Gasteiger charge is 2.25. The molecule has 2 aromatic carbocycles. The van der Waals surface area contributed by atoms with Crippen LogP contribution >= 0.6 is 0 Å². The Labute approximate surface area is 116 Å². The topological polar surface area (TPSA) is 12.0 Å². The van der Waals surface area contributed by atoms with E-state index in [0.717, 1.165) is 6.07 Å². The molecule has 0 saturated carbocycles. The summed E-state index contributed by atoms with van der Waals surface area (Å²) in [5, 5.41) is 2.04. The molecule has 0 aliphatic rings. The van der Waals surface area contributed by atoms with Crippen LogP contribution in [0.4, 0.5) is 32.0 Å². The molecule has 0 saturated heterocycles. The number of benzene rings is 2. The summed E-state index contributed by atoms with van der Waals surface area (Å²) in [7, 11) is 0. The first-order valence-corrected chi connectivity index (χ1v) is 5.83. The minimum atomic E-state index is -2.24. The van der Waals surface area contributed by atoms with Crippen molar-refractivity contribution in [2.45, 2.75) is 13.5 Å². The van der Waals surface area contributed by atoms with Gasteiger partial charge in [0.05, 0.1) is 0 Å². The van der Waals surface area contributed by atoms with Crippen LogP contribution in [0.2, 0.25) is 0 Å². The predicted octanol–water partition coefficient (Wildman–Crippen LogP) is 4.44. The zero-order chi connectivity index (χ0) is 15.7.